The van der Waals surface area contributed by atoms with Crippen LogP contribution < -0.4 is 21.7 Å². The Balaban J connectivity index is 1.81. The highest BCUT2D eigenvalue weighted by atomic mass is 32.1. The van der Waals surface area contributed by atoms with E-state index in [9.17, 15) is 14.4 Å². The SMILES string of the molecule is Cc1ccccc1N(C(=O)c1snc(C(N)=O)c1N)[C@@H](C(=O)NC1CCCCC1)c1cccs1. The lowest BCUT2D eigenvalue weighted by atomic mass is 9.95. The van der Waals surface area contributed by atoms with Gasteiger partial charge in [0.2, 0.25) is 5.91 Å². The maximum absolute atomic E-state index is 14.0. The molecule has 1 aliphatic rings. The fourth-order valence-corrected chi connectivity index (χ4v) is 5.84. The van der Waals surface area contributed by atoms with Crippen molar-refractivity contribution in [1.29, 1.82) is 0 Å². The average molecular weight is 498 g/mol. The molecule has 1 atom stereocenters. The zero-order chi connectivity index (χ0) is 24.2. The molecular formula is C24H27N5O3S2. The number of primary amides is 1. The standard InChI is InChI=1S/C24H27N5O3S2/c1-14-8-5-6-11-16(14)29(24(32)21-18(25)19(22(26)30)28-34-21)20(17-12-7-13-33-17)23(31)27-15-9-3-2-4-10-15/h5-8,11-13,15,20H,2-4,9-10,25H2,1H3,(H2,26,30)(H,27,31)/t20-/m1/s1. The molecule has 0 bridgehead atoms. The molecule has 0 radical (unpaired) electrons. The van der Waals surface area contributed by atoms with E-state index in [4.69, 9.17) is 11.5 Å². The molecule has 1 aliphatic carbocycles. The number of para-hydroxylation sites is 1. The molecule has 2 heterocycles. The molecule has 1 saturated carbocycles. The Bertz CT molecular complexity index is 1190. The third-order valence-electron chi connectivity index (χ3n) is 6.02. The van der Waals surface area contributed by atoms with Crippen molar-refractivity contribution in [3.63, 3.8) is 0 Å². The predicted octanol–water partition coefficient (Wildman–Crippen LogP) is 4.03. The van der Waals surface area contributed by atoms with Crippen LogP contribution in [0.3, 0.4) is 0 Å². The number of benzene rings is 1. The number of nitrogen functional groups attached to an aromatic ring is 1. The molecule has 0 saturated heterocycles. The number of nitrogens with two attached hydrogens (primary N) is 2. The molecule has 8 nitrogen and oxygen atoms in total. The minimum Gasteiger partial charge on any atom is -0.395 e. The summed E-state index contributed by atoms with van der Waals surface area (Å²) in [5.74, 6) is -1.56. The van der Waals surface area contributed by atoms with Crippen molar-refractivity contribution < 1.29 is 14.4 Å². The van der Waals surface area contributed by atoms with Gasteiger partial charge in [-0.25, -0.2) is 0 Å². The number of rotatable bonds is 7. The van der Waals surface area contributed by atoms with Crippen molar-refractivity contribution in [2.24, 2.45) is 5.73 Å². The van der Waals surface area contributed by atoms with E-state index < -0.39 is 17.9 Å². The van der Waals surface area contributed by atoms with E-state index in [2.05, 4.69) is 9.69 Å². The van der Waals surface area contributed by atoms with Gasteiger partial charge >= 0.3 is 0 Å². The summed E-state index contributed by atoms with van der Waals surface area (Å²) in [5.41, 5.74) is 12.7. The molecule has 178 valence electrons. The number of nitrogens with zero attached hydrogens (tertiary/aromatic N) is 2. The molecule has 34 heavy (non-hydrogen) atoms. The third-order valence-corrected chi connectivity index (χ3v) is 7.80. The molecule has 5 N–H and O–H groups in total. The van der Waals surface area contributed by atoms with Gasteiger partial charge in [0.15, 0.2) is 11.7 Å². The maximum Gasteiger partial charge on any atom is 0.273 e. The number of aromatic nitrogens is 1. The second kappa shape index (κ2) is 10.4. The van der Waals surface area contributed by atoms with Gasteiger partial charge in [-0.3, -0.25) is 19.3 Å². The van der Waals surface area contributed by atoms with Crippen LogP contribution in [-0.2, 0) is 4.79 Å². The van der Waals surface area contributed by atoms with Crippen molar-refractivity contribution in [2.45, 2.75) is 51.1 Å². The van der Waals surface area contributed by atoms with E-state index in [0.717, 1.165) is 47.7 Å². The first-order chi connectivity index (χ1) is 16.4. The van der Waals surface area contributed by atoms with Crippen LogP contribution in [0.2, 0.25) is 0 Å². The summed E-state index contributed by atoms with van der Waals surface area (Å²) < 4.78 is 3.99. The zero-order valence-electron chi connectivity index (χ0n) is 18.8. The van der Waals surface area contributed by atoms with Gasteiger partial charge in [0.05, 0.1) is 5.69 Å². The predicted molar refractivity (Wildman–Crippen MR) is 135 cm³/mol. The van der Waals surface area contributed by atoms with Crippen molar-refractivity contribution in [3.05, 3.63) is 62.8 Å². The van der Waals surface area contributed by atoms with Gasteiger partial charge in [-0.05, 0) is 54.4 Å². The third kappa shape index (κ3) is 4.83. The smallest absolute Gasteiger partial charge is 0.273 e. The molecule has 1 aromatic carbocycles. The Morgan fingerprint density at radius 1 is 1.12 bits per heavy atom. The van der Waals surface area contributed by atoms with Gasteiger partial charge in [-0.2, -0.15) is 4.37 Å². The van der Waals surface area contributed by atoms with E-state index in [1.54, 1.807) is 6.07 Å². The summed E-state index contributed by atoms with van der Waals surface area (Å²) in [6.07, 6.45) is 5.15. The second-order valence-electron chi connectivity index (χ2n) is 8.36. The molecule has 2 aromatic heterocycles. The molecule has 3 aromatic rings. The largest absolute Gasteiger partial charge is 0.395 e. The summed E-state index contributed by atoms with van der Waals surface area (Å²) in [6, 6.07) is 10.2. The molecule has 4 rings (SSSR count). The van der Waals surface area contributed by atoms with Crippen LogP contribution in [0.4, 0.5) is 11.4 Å². The van der Waals surface area contributed by atoms with Gasteiger partial charge in [0, 0.05) is 16.6 Å². The Morgan fingerprint density at radius 2 is 1.85 bits per heavy atom. The lowest BCUT2D eigenvalue weighted by molar-refractivity contribution is -0.123. The first kappa shape index (κ1) is 23.9. The quantitative estimate of drug-likeness (QED) is 0.453. The number of anilines is 2. The summed E-state index contributed by atoms with van der Waals surface area (Å²) in [5, 5.41) is 5.06. The molecule has 0 aliphatic heterocycles. The van der Waals surface area contributed by atoms with E-state index in [-0.39, 0.29) is 28.2 Å². The first-order valence-corrected chi connectivity index (χ1v) is 12.8. The van der Waals surface area contributed by atoms with Gasteiger partial charge < -0.3 is 16.8 Å². The number of amides is 3. The molecule has 0 unspecified atom stereocenters. The lowest BCUT2D eigenvalue weighted by Crippen LogP contribution is -2.47. The van der Waals surface area contributed by atoms with Crippen LogP contribution >= 0.6 is 22.9 Å². The van der Waals surface area contributed by atoms with Crippen LogP contribution in [0.5, 0.6) is 0 Å². The number of thiophene rings is 1. The zero-order valence-corrected chi connectivity index (χ0v) is 20.5. The van der Waals surface area contributed by atoms with Crippen molar-refractivity contribution >= 4 is 52.0 Å². The number of hydrogen-bond donors (Lipinski definition) is 3. The number of carbonyl (C=O) groups excluding carboxylic acids is 3. The highest BCUT2D eigenvalue weighted by molar-refractivity contribution is 7.10. The van der Waals surface area contributed by atoms with Crippen molar-refractivity contribution in [3.8, 4) is 0 Å². The summed E-state index contributed by atoms with van der Waals surface area (Å²) >= 11 is 2.21. The molecule has 3 amide bonds. The fourth-order valence-electron chi connectivity index (χ4n) is 4.29. The molecule has 1 fully saturated rings. The lowest BCUT2D eigenvalue weighted by Gasteiger charge is -2.33. The van der Waals surface area contributed by atoms with Crippen LogP contribution in [0.25, 0.3) is 0 Å². The van der Waals surface area contributed by atoms with Crippen LogP contribution in [0.1, 0.15) is 68.7 Å². The maximum atomic E-state index is 14.0. The number of carbonyl (C=O) groups is 3. The Hall–Kier alpha value is -3.24. The number of hydrogen-bond acceptors (Lipinski definition) is 7. The highest BCUT2D eigenvalue weighted by Crippen LogP contribution is 2.36. The van der Waals surface area contributed by atoms with Crippen LogP contribution in [0, 0.1) is 6.92 Å². The van der Waals surface area contributed by atoms with Gasteiger partial charge in [-0.1, -0.05) is 43.5 Å². The second-order valence-corrected chi connectivity index (χ2v) is 10.1. The van der Waals surface area contributed by atoms with Gasteiger partial charge in [0.1, 0.15) is 4.88 Å². The Labute approximate surface area is 206 Å². The summed E-state index contributed by atoms with van der Waals surface area (Å²) in [4.78, 5) is 41.7. The minimum atomic E-state index is -0.908. The fraction of sp³-hybridized carbons (Fsp3) is 0.333. The summed E-state index contributed by atoms with van der Waals surface area (Å²) in [6.45, 7) is 1.88. The van der Waals surface area contributed by atoms with E-state index in [1.165, 1.54) is 22.7 Å². The monoisotopic (exact) mass is 497 g/mol. The van der Waals surface area contributed by atoms with E-state index in [0.29, 0.717) is 5.69 Å². The Morgan fingerprint density at radius 3 is 2.47 bits per heavy atom. The summed E-state index contributed by atoms with van der Waals surface area (Å²) in [7, 11) is 0. The minimum absolute atomic E-state index is 0.0706. The van der Waals surface area contributed by atoms with Crippen molar-refractivity contribution in [2.75, 3.05) is 10.6 Å². The molecular weight excluding hydrogens is 470 g/mol. The Kier molecular flexibility index (Phi) is 7.28. The average Bonchev–Trinajstić information content (AvgIpc) is 3.48. The molecule has 10 heteroatoms. The van der Waals surface area contributed by atoms with Gasteiger partial charge in [0.25, 0.3) is 11.8 Å². The van der Waals surface area contributed by atoms with Gasteiger partial charge in [-0.15, -0.1) is 11.3 Å². The van der Waals surface area contributed by atoms with E-state index >= 15 is 0 Å². The number of nitrogens with one attached hydrogen (secondary N) is 1. The van der Waals surface area contributed by atoms with Crippen molar-refractivity contribution in [1.82, 2.24) is 9.69 Å². The van der Waals surface area contributed by atoms with E-state index in [1.807, 2.05) is 42.6 Å². The number of aryl methyl sites for hydroxylation is 1. The first-order valence-electron chi connectivity index (χ1n) is 11.2. The highest BCUT2D eigenvalue weighted by Gasteiger charge is 2.37. The molecule has 0 spiro atoms. The van der Waals surface area contributed by atoms with Crippen LogP contribution in [0.15, 0.2) is 41.8 Å². The normalized spacial score (nSPS) is 15.0. The van der Waals surface area contributed by atoms with Crippen LogP contribution in [-0.4, -0.2) is 28.1 Å². The topological polar surface area (TPSA) is 131 Å².